The molecule has 7 heteroatoms. The van der Waals surface area contributed by atoms with E-state index in [0.29, 0.717) is 96.3 Å². The first-order valence-corrected chi connectivity index (χ1v) is 17.9. The summed E-state index contributed by atoms with van der Waals surface area (Å²) in [7, 11) is 0. The third kappa shape index (κ3) is 5.67. The highest BCUT2D eigenvalue weighted by molar-refractivity contribution is 5.85. The van der Waals surface area contributed by atoms with Crippen molar-refractivity contribution >= 4 is 11.8 Å². The van der Waals surface area contributed by atoms with Crippen molar-refractivity contribution in [1.82, 2.24) is 21.3 Å². The Hall–Kier alpha value is -1.28. The standard InChI is InChI=1S/C36H60N4O3/c1-8-21-18(5)26-14-28-19(6)23(10-11-33(42)43)35(39-28)25-13-32(41)34-22(9-2)30(40-36(25)34)16-31-24(12-17(3)4)20(7)27(38-31)15-29(21)37-26/h8,17-31,34-40H,1,9-16H2,2-7H3,(H,42,43)/t18?,19-,20?,21?,22?,23-,24?,25?,26?,27?,28?,29?,30?,31?,34?,35?,36?/m0/s1. The molecule has 8 bridgehead atoms. The number of carbonyl (C=O) groups is 2. The molecule has 7 nitrogen and oxygen atoms in total. The van der Waals surface area contributed by atoms with Crippen molar-refractivity contribution in [3.05, 3.63) is 12.7 Å². The van der Waals surface area contributed by atoms with Crippen molar-refractivity contribution in [3.63, 3.8) is 0 Å². The monoisotopic (exact) mass is 596 g/mol. The Morgan fingerprint density at radius 2 is 1.44 bits per heavy atom. The second-order valence-corrected chi connectivity index (χ2v) is 16.3. The van der Waals surface area contributed by atoms with E-state index in [9.17, 15) is 14.7 Å². The minimum absolute atomic E-state index is 0.0937. The number of hydrogen-bond acceptors (Lipinski definition) is 6. The predicted molar refractivity (Wildman–Crippen MR) is 172 cm³/mol. The van der Waals surface area contributed by atoms with E-state index in [4.69, 9.17) is 0 Å². The van der Waals surface area contributed by atoms with Crippen molar-refractivity contribution < 1.29 is 14.7 Å². The van der Waals surface area contributed by atoms with Crippen LogP contribution < -0.4 is 21.3 Å². The highest BCUT2D eigenvalue weighted by Crippen LogP contribution is 2.50. The van der Waals surface area contributed by atoms with Crippen molar-refractivity contribution in [3.8, 4) is 0 Å². The first kappa shape index (κ1) is 31.7. The molecule has 0 radical (unpaired) electrons. The summed E-state index contributed by atoms with van der Waals surface area (Å²) in [6.45, 7) is 18.6. The zero-order valence-electron chi connectivity index (χ0n) is 27.6. The maximum atomic E-state index is 13.8. The van der Waals surface area contributed by atoms with Gasteiger partial charge in [0.15, 0.2) is 0 Å². The molecule has 5 N–H and O–H groups in total. The zero-order chi connectivity index (χ0) is 30.7. The molecule has 5 aliphatic heterocycles. The Kier molecular flexibility index (Phi) is 9.21. The molecule has 43 heavy (non-hydrogen) atoms. The van der Waals surface area contributed by atoms with E-state index < -0.39 is 5.97 Å². The highest BCUT2D eigenvalue weighted by Gasteiger charge is 2.59. The van der Waals surface area contributed by atoms with Gasteiger partial charge < -0.3 is 26.4 Å². The number of nitrogens with one attached hydrogen (secondary N) is 4. The van der Waals surface area contributed by atoms with Crippen LogP contribution in [-0.4, -0.2) is 65.2 Å². The molecule has 6 fully saturated rings. The fourth-order valence-corrected chi connectivity index (χ4v) is 11.6. The van der Waals surface area contributed by atoms with Gasteiger partial charge in [0, 0.05) is 67.1 Å². The quantitative estimate of drug-likeness (QED) is 0.274. The molecule has 242 valence electrons. The number of carboxylic acid groups (broad SMARTS) is 1. The minimum atomic E-state index is -0.714. The van der Waals surface area contributed by atoms with E-state index in [1.807, 2.05) is 0 Å². The van der Waals surface area contributed by atoms with Crippen LogP contribution in [0.15, 0.2) is 12.7 Å². The van der Waals surface area contributed by atoms with Crippen LogP contribution in [0, 0.1) is 59.2 Å². The van der Waals surface area contributed by atoms with E-state index in [1.54, 1.807) is 0 Å². The number of carboxylic acids is 1. The molecule has 5 heterocycles. The van der Waals surface area contributed by atoms with Crippen LogP contribution in [0.2, 0.25) is 0 Å². The first-order chi connectivity index (χ1) is 20.5. The molecule has 6 rings (SSSR count). The molecule has 0 aromatic carbocycles. The fraction of sp³-hybridized carbons (Fsp3) is 0.889. The van der Waals surface area contributed by atoms with Crippen LogP contribution >= 0.6 is 0 Å². The van der Waals surface area contributed by atoms with Gasteiger partial charge >= 0.3 is 5.97 Å². The molecule has 0 aromatic heterocycles. The number of ketones is 1. The van der Waals surface area contributed by atoms with Crippen LogP contribution in [-0.2, 0) is 9.59 Å². The summed E-state index contributed by atoms with van der Waals surface area (Å²) in [6.07, 6.45) is 9.25. The van der Waals surface area contributed by atoms with Crippen molar-refractivity contribution in [2.75, 3.05) is 0 Å². The smallest absolute Gasteiger partial charge is 0.303 e. The minimum Gasteiger partial charge on any atom is -0.481 e. The Bertz CT molecular complexity index is 1050. The van der Waals surface area contributed by atoms with Gasteiger partial charge in [-0.2, -0.15) is 0 Å². The van der Waals surface area contributed by atoms with Gasteiger partial charge in [-0.25, -0.2) is 0 Å². The van der Waals surface area contributed by atoms with E-state index in [1.165, 1.54) is 6.42 Å². The van der Waals surface area contributed by atoms with Crippen molar-refractivity contribution in [2.45, 2.75) is 141 Å². The van der Waals surface area contributed by atoms with Crippen LogP contribution in [0.5, 0.6) is 0 Å². The Morgan fingerprint density at radius 3 is 2.12 bits per heavy atom. The number of aliphatic carboxylic acids is 1. The first-order valence-electron chi connectivity index (χ1n) is 17.9. The molecule has 0 spiro atoms. The molecule has 6 aliphatic rings. The molecule has 5 saturated heterocycles. The molecule has 0 aromatic rings. The second-order valence-electron chi connectivity index (χ2n) is 16.3. The summed E-state index contributed by atoms with van der Waals surface area (Å²) in [5.74, 6) is 3.95. The van der Waals surface area contributed by atoms with Crippen LogP contribution in [0.25, 0.3) is 0 Å². The Labute approximate surface area is 260 Å². The van der Waals surface area contributed by atoms with Gasteiger partial charge in [-0.1, -0.05) is 54.0 Å². The lowest BCUT2D eigenvalue weighted by Gasteiger charge is -2.32. The zero-order valence-corrected chi connectivity index (χ0v) is 27.6. The fourth-order valence-electron chi connectivity index (χ4n) is 11.6. The van der Waals surface area contributed by atoms with Crippen LogP contribution in [0.3, 0.4) is 0 Å². The third-order valence-corrected chi connectivity index (χ3v) is 13.8. The molecular formula is C36H60N4O3. The molecular weight excluding hydrogens is 536 g/mol. The lowest BCUT2D eigenvalue weighted by atomic mass is 9.76. The number of carbonyl (C=O) groups excluding carboxylic acids is 1. The van der Waals surface area contributed by atoms with Crippen LogP contribution in [0.4, 0.5) is 0 Å². The normalized spacial score (nSPS) is 51.0. The Morgan fingerprint density at radius 1 is 0.860 bits per heavy atom. The van der Waals surface area contributed by atoms with E-state index in [2.05, 4.69) is 75.5 Å². The molecule has 15 unspecified atom stereocenters. The summed E-state index contributed by atoms with van der Waals surface area (Å²) in [5, 5.41) is 26.2. The maximum absolute atomic E-state index is 13.8. The molecule has 1 aliphatic carbocycles. The third-order valence-electron chi connectivity index (χ3n) is 13.8. The molecule has 17 atom stereocenters. The highest BCUT2D eigenvalue weighted by atomic mass is 16.4. The summed E-state index contributed by atoms with van der Waals surface area (Å²) in [6, 6.07) is 2.81. The average molecular weight is 597 g/mol. The van der Waals surface area contributed by atoms with Crippen molar-refractivity contribution in [1.29, 1.82) is 0 Å². The number of Topliss-reactive ketones (excluding diaryl/α,β-unsaturated/α-hetero) is 1. The number of fused-ring (bicyclic) bond motifs is 8. The van der Waals surface area contributed by atoms with Crippen LogP contribution in [0.1, 0.15) is 92.9 Å². The van der Waals surface area contributed by atoms with E-state index in [-0.39, 0.29) is 36.3 Å². The molecule has 1 saturated carbocycles. The summed E-state index contributed by atoms with van der Waals surface area (Å²) in [5.41, 5.74) is 0. The summed E-state index contributed by atoms with van der Waals surface area (Å²) >= 11 is 0. The van der Waals surface area contributed by atoms with E-state index >= 15 is 0 Å². The predicted octanol–water partition coefficient (Wildman–Crippen LogP) is 4.62. The van der Waals surface area contributed by atoms with Gasteiger partial charge in [-0.3, -0.25) is 9.59 Å². The number of hydrogen-bond donors (Lipinski definition) is 5. The SMILES string of the molecule is C=CC1C2CC3NC(CC4NC5C(CC(=O)C5C4CC)C4NC(CC(N2)C1C)[C@@H](C)[C@@H]4CCC(=O)O)C(CC(C)C)C3C. The van der Waals surface area contributed by atoms with Gasteiger partial charge in [-0.15, -0.1) is 6.58 Å². The summed E-state index contributed by atoms with van der Waals surface area (Å²) in [4.78, 5) is 25.6. The Balaban J connectivity index is 1.36. The molecule has 0 amide bonds. The largest absolute Gasteiger partial charge is 0.481 e. The van der Waals surface area contributed by atoms with Gasteiger partial charge in [-0.05, 0) is 85.4 Å². The van der Waals surface area contributed by atoms with E-state index in [0.717, 1.165) is 25.7 Å². The van der Waals surface area contributed by atoms with Gasteiger partial charge in [0.2, 0.25) is 0 Å². The summed E-state index contributed by atoms with van der Waals surface area (Å²) < 4.78 is 0. The topological polar surface area (TPSA) is 102 Å². The lowest BCUT2D eigenvalue weighted by molar-refractivity contribution is -0.137. The maximum Gasteiger partial charge on any atom is 0.303 e. The van der Waals surface area contributed by atoms with Gasteiger partial charge in [0.05, 0.1) is 0 Å². The van der Waals surface area contributed by atoms with Gasteiger partial charge in [0.1, 0.15) is 5.78 Å². The second kappa shape index (κ2) is 12.5. The lowest BCUT2D eigenvalue weighted by Crippen LogP contribution is -2.48. The number of rotatable bonds is 7. The van der Waals surface area contributed by atoms with Crippen molar-refractivity contribution in [2.24, 2.45) is 59.2 Å². The van der Waals surface area contributed by atoms with Gasteiger partial charge in [0.25, 0.3) is 0 Å². The average Bonchev–Trinajstić information content (AvgIpc) is 3.70.